The van der Waals surface area contributed by atoms with Crippen molar-refractivity contribution in [2.45, 2.75) is 38.7 Å². The van der Waals surface area contributed by atoms with Gasteiger partial charge in [0.2, 0.25) is 0 Å². The number of aliphatic hydroxyl groups is 1. The summed E-state index contributed by atoms with van der Waals surface area (Å²) in [6.45, 7) is 4.72. The highest BCUT2D eigenvalue weighted by atomic mass is 16.3. The summed E-state index contributed by atoms with van der Waals surface area (Å²) in [6.07, 6.45) is 4.01. The Morgan fingerprint density at radius 2 is 2.08 bits per heavy atom. The summed E-state index contributed by atoms with van der Waals surface area (Å²) in [4.78, 5) is 18.9. The van der Waals surface area contributed by atoms with E-state index in [-0.39, 0.29) is 12.2 Å². The maximum Gasteiger partial charge on any atom is 0.170 e. The topological polar surface area (TPSA) is 53.4 Å². The molecule has 0 radical (unpaired) electrons. The number of rotatable bonds is 5. The van der Waals surface area contributed by atoms with Gasteiger partial charge in [0.1, 0.15) is 5.60 Å². The molecule has 3 rings (SSSR count). The lowest BCUT2D eigenvalue weighted by molar-refractivity contribution is -0.134. The minimum Gasteiger partial charge on any atom is -0.380 e. The fourth-order valence-corrected chi connectivity index (χ4v) is 3.21. The quantitative estimate of drug-likeness (QED) is 0.919. The molecule has 0 aliphatic carbocycles. The minimum atomic E-state index is -1.38. The van der Waals surface area contributed by atoms with Crippen LogP contribution in [-0.4, -0.2) is 34.6 Å². The molecular formula is C20H24N2O2. The molecule has 1 atom stereocenters. The van der Waals surface area contributed by atoms with E-state index in [0.29, 0.717) is 6.54 Å². The van der Waals surface area contributed by atoms with Gasteiger partial charge >= 0.3 is 0 Å². The van der Waals surface area contributed by atoms with E-state index >= 15 is 0 Å². The highest BCUT2D eigenvalue weighted by molar-refractivity contribution is 5.89. The van der Waals surface area contributed by atoms with E-state index in [1.807, 2.05) is 31.2 Å². The Kier molecular flexibility index (Phi) is 4.67. The Bertz CT molecular complexity index is 723. The molecule has 4 nitrogen and oxygen atoms in total. The molecule has 1 N–H and O–H groups in total. The number of pyridine rings is 1. The second-order valence-corrected chi connectivity index (χ2v) is 6.84. The zero-order chi connectivity index (χ0) is 17.2. The van der Waals surface area contributed by atoms with E-state index in [1.165, 1.54) is 5.56 Å². The van der Waals surface area contributed by atoms with E-state index in [1.54, 1.807) is 13.1 Å². The Morgan fingerprint density at radius 1 is 1.29 bits per heavy atom. The number of aryl methyl sites for hydroxylation is 2. The van der Waals surface area contributed by atoms with E-state index in [9.17, 15) is 9.90 Å². The van der Waals surface area contributed by atoms with Crippen LogP contribution in [0.4, 0.5) is 5.69 Å². The molecule has 0 amide bonds. The van der Waals surface area contributed by atoms with Crippen molar-refractivity contribution in [3.8, 4) is 0 Å². The normalized spacial score (nSPS) is 16.4. The van der Waals surface area contributed by atoms with Gasteiger partial charge in [-0.3, -0.25) is 9.78 Å². The standard InChI is InChI=1S/C20H24N2O2/c1-15-9-10-16(13-21-15)12-19(23)20(2,24)14-22-11-5-7-17-6-3-4-8-18(17)22/h3-4,6,8-10,13,24H,5,7,11-12,14H2,1-2H3/t20-/m0/s1. The van der Waals surface area contributed by atoms with E-state index in [4.69, 9.17) is 0 Å². The summed E-state index contributed by atoms with van der Waals surface area (Å²) in [5, 5.41) is 10.8. The van der Waals surface area contributed by atoms with Crippen LogP contribution in [0.25, 0.3) is 0 Å². The molecule has 2 heterocycles. The van der Waals surface area contributed by atoms with E-state index < -0.39 is 5.60 Å². The van der Waals surface area contributed by atoms with Crippen LogP contribution in [-0.2, 0) is 17.6 Å². The molecule has 0 unspecified atom stereocenters. The average Bonchev–Trinajstić information content (AvgIpc) is 2.57. The highest BCUT2D eigenvalue weighted by Gasteiger charge is 2.33. The Balaban J connectivity index is 1.71. The Hall–Kier alpha value is -2.20. The first-order valence-electron chi connectivity index (χ1n) is 8.46. The largest absolute Gasteiger partial charge is 0.380 e. The zero-order valence-corrected chi connectivity index (χ0v) is 14.3. The van der Waals surface area contributed by atoms with E-state index in [2.05, 4.69) is 22.0 Å². The number of para-hydroxylation sites is 1. The summed E-state index contributed by atoms with van der Waals surface area (Å²) in [5.41, 5.74) is 2.80. The minimum absolute atomic E-state index is 0.170. The number of benzene rings is 1. The maximum atomic E-state index is 12.6. The first-order chi connectivity index (χ1) is 11.5. The van der Waals surface area contributed by atoms with Crippen molar-refractivity contribution < 1.29 is 9.90 Å². The number of carbonyl (C=O) groups is 1. The molecule has 1 aromatic carbocycles. The number of ketones is 1. The summed E-state index contributed by atoms with van der Waals surface area (Å²) >= 11 is 0. The van der Waals surface area contributed by atoms with Gasteiger partial charge in [0.05, 0.1) is 6.54 Å². The Morgan fingerprint density at radius 3 is 2.83 bits per heavy atom. The molecule has 126 valence electrons. The first kappa shape index (κ1) is 16.7. The van der Waals surface area contributed by atoms with Crippen molar-refractivity contribution in [1.29, 1.82) is 0 Å². The number of hydrogen-bond acceptors (Lipinski definition) is 4. The molecule has 0 spiro atoms. The van der Waals surface area contributed by atoms with Crippen LogP contribution in [0.15, 0.2) is 42.6 Å². The third-order valence-corrected chi connectivity index (χ3v) is 4.64. The fraction of sp³-hybridized carbons (Fsp3) is 0.400. The number of fused-ring (bicyclic) bond motifs is 1. The van der Waals surface area contributed by atoms with Crippen LogP contribution in [0.1, 0.15) is 30.2 Å². The summed E-state index contributed by atoms with van der Waals surface area (Å²) in [6, 6.07) is 12.0. The van der Waals surface area contributed by atoms with E-state index in [0.717, 1.165) is 36.3 Å². The van der Waals surface area contributed by atoms with Gasteiger partial charge in [-0.05, 0) is 49.9 Å². The lowest BCUT2D eigenvalue weighted by atomic mass is 9.93. The zero-order valence-electron chi connectivity index (χ0n) is 14.3. The van der Waals surface area contributed by atoms with Crippen molar-refractivity contribution in [3.63, 3.8) is 0 Å². The number of β-amino-alcohol motifs (C(OH)–C–C–N with tert-alkyl or cyclic N) is 1. The molecule has 0 fully saturated rings. The van der Waals surface area contributed by atoms with Crippen molar-refractivity contribution in [2.24, 2.45) is 0 Å². The average molecular weight is 324 g/mol. The van der Waals surface area contributed by atoms with Crippen LogP contribution in [0, 0.1) is 6.92 Å². The van der Waals surface area contributed by atoms with Gasteiger partial charge in [0, 0.05) is 30.5 Å². The Labute approximate surface area is 143 Å². The van der Waals surface area contributed by atoms with Crippen molar-refractivity contribution in [3.05, 3.63) is 59.4 Å². The molecule has 1 aliphatic heterocycles. The molecule has 2 aromatic rings. The van der Waals surface area contributed by atoms with Crippen LogP contribution < -0.4 is 4.90 Å². The lowest BCUT2D eigenvalue weighted by Gasteiger charge is -2.36. The maximum absolute atomic E-state index is 12.6. The van der Waals surface area contributed by atoms with Gasteiger partial charge in [-0.25, -0.2) is 0 Å². The van der Waals surface area contributed by atoms with Crippen LogP contribution in [0.2, 0.25) is 0 Å². The fourth-order valence-electron chi connectivity index (χ4n) is 3.21. The smallest absolute Gasteiger partial charge is 0.170 e. The number of anilines is 1. The van der Waals surface area contributed by atoms with Gasteiger partial charge in [0.15, 0.2) is 5.78 Å². The summed E-state index contributed by atoms with van der Waals surface area (Å²) in [7, 11) is 0. The summed E-state index contributed by atoms with van der Waals surface area (Å²) in [5.74, 6) is -0.170. The van der Waals surface area contributed by atoms with Crippen LogP contribution in [0.3, 0.4) is 0 Å². The molecule has 24 heavy (non-hydrogen) atoms. The molecule has 0 saturated carbocycles. The van der Waals surface area contributed by atoms with Crippen molar-refractivity contribution in [1.82, 2.24) is 4.98 Å². The molecular weight excluding hydrogens is 300 g/mol. The second kappa shape index (κ2) is 6.73. The SMILES string of the molecule is Cc1ccc(CC(=O)[C@@](C)(O)CN2CCCc3ccccc32)cn1. The molecule has 4 heteroatoms. The highest BCUT2D eigenvalue weighted by Crippen LogP contribution is 2.28. The second-order valence-electron chi connectivity index (χ2n) is 6.84. The molecule has 1 aliphatic rings. The van der Waals surface area contributed by atoms with Gasteiger partial charge in [-0.1, -0.05) is 24.3 Å². The number of hydrogen-bond donors (Lipinski definition) is 1. The monoisotopic (exact) mass is 324 g/mol. The predicted octanol–water partition coefficient (Wildman–Crippen LogP) is 2.71. The molecule has 0 bridgehead atoms. The third kappa shape index (κ3) is 3.65. The van der Waals surface area contributed by atoms with Crippen LogP contribution in [0.5, 0.6) is 0 Å². The van der Waals surface area contributed by atoms with Crippen molar-refractivity contribution in [2.75, 3.05) is 18.0 Å². The number of carbonyl (C=O) groups excluding carboxylic acids is 1. The van der Waals surface area contributed by atoms with Gasteiger partial charge in [0.25, 0.3) is 0 Å². The summed E-state index contributed by atoms with van der Waals surface area (Å²) < 4.78 is 0. The van der Waals surface area contributed by atoms with Gasteiger partial charge in [-0.2, -0.15) is 0 Å². The van der Waals surface area contributed by atoms with Crippen LogP contribution >= 0.6 is 0 Å². The van der Waals surface area contributed by atoms with Crippen molar-refractivity contribution >= 4 is 11.5 Å². The van der Waals surface area contributed by atoms with Gasteiger partial charge < -0.3 is 10.0 Å². The number of nitrogens with zero attached hydrogens (tertiary/aromatic N) is 2. The molecule has 0 saturated heterocycles. The third-order valence-electron chi connectivity index (χ3n) is 4.64. The molecule has 1 aromatic heterocycles. The number of aromatic nitrogens is 1. The first-order valence-corrected chi connectivity index (χ1v) is 8.46. The lowest BCUT2D eigenvalue weighted by Crippen LogP contribution is -2.49. The number of Topliss-reactive ketones (excluding diaryl/α,β-unsaturated/α-hetero) is 1. The van der Waals surface area contributed by atoms with Gasteiger partial charge in [-0.15, -0.1) is 0 Å². The predicted molar refractivity (Wildman–Crippen MR) is 95.3 cm³/mol.